The van der Waals surface area contributed by atoms with Gasteiger partial charge in [0.15, 0.2) is 5.75 Å². The molecular formula is C33H37N5O3. The quantitative estimate of drug-likeness (QED) is 0.329. The Morgan fingerprint density at radius 2 is 1.32 bits per heavy atom. The predicted octanol–water partition coefficient (Wildman–Crippen LogP) is 5.43. The Balaban J connectivity index is 1.22. The van der Waals surface area contributed by atoms with E-state index in [-0.39, 0.29) is 17.7 Å². The lowest BCUT2D eigenvalue weighted by molar-refractivity contribution is 0.0744. The van der Waals surface area contributed by atoms with Gasteiger partial charge in [-0.15, -0.1) is 0 Å². The Kier molecular flexibility index (Phi) is 8.11. The van der Waals surface area contributed by atoms with E-state index in [0.717, 1.165) is 70.8 Å². The molecule has 0 saturated carbocycles. The van der Waals surface area contributed by atoms with Crippen LogP contribution in [-0.4, -0.2) is 57.5 Å². The van der Waals surface area contributed by atoms with E-state index in [0.29, 0.717) is 16.8 Å². The van der Waals surface area contributed by atoms with Gasteiger partial charge in [-0.25, -0.2) is 9.78 Å². The van der Waals surface area contributed by atoms with Gasteiger partial charge in [0.2, 0.25) is 5.91 Å². The summed E-state index contributed by atoms with van der Waals surface area (Å²) in [6.07, 6.45) is 2.53. The summed E-state index contributed by atoms with van der Waals surface area (Å²) in [4.78, 5) is 35.7. The number of carbonyl (C=O) groups excluding carboxylic acids is 2. The number of likely N-dealkylation sites (tertiary alicyclic amines) is 2. The first-order chi connectivity index (χ1) is 20.0. The van der Waals surface area contributed by atoms with Gasteiger partial charge in [-0.05, 0) is 75.1 Å². The molecule has 4 aromatic rings. The number of fused-ring (bicyclic) bond motifs is 1. The molecule has 2 aliphatic rings. The maximum atomic E-state index is 14.2. The molecule has 2 fully saturated rings. The number of hydrogen-bond donors (Lipinski definition) is 1. The highest BCUT2D eigenvalue weighted by molar-refractivity contribution is 5.95. The molecule has 0 aliphatic carbocycles. The van der Waals surface area contributed by atoms with Gasteiger partial charge < -0.3 is 10.5 Å². The van der Waals surface area contributed by atoms with E-state index >= 15 is 0 Å². The number of rotatable bonds is 7. The first-order valence-corrected chi connectivity index (χ1v) is 14.6. The molecule has 212 valence electrons. The molecular weight excluding hydrogens is 514 g/mol. The lowest BCUT2D eigenvalue weighted by atomic mass is 9.93. The molecule has 0 atom stereocenters. The van der Waals surface area contributed by atoms with E-state index in [2.05, 4.69) is 58.3 Å². The summed E-state index contributed by atoms with van der Waals surface area (Å²) < 4.78 is 7.13. The maximum absolute atomic E-state index is 14.2. The van der Waals surface area contributed by atoms with Crippen LogP contribution in [-0.2, 0) is 13.1 Å². The molecule has 8 nitrogen and oxygen atoms in total. The third-order valence-corrected chi connectivity index (χ3v) is 8.49. The maximum Gasteiger partial charge on any atom is 0.410 e. The van der Waals surface area contributed by atoms with Gasteiger partial charge in [0, 0.05) is 24.9 Å². The van der Waals surface area contributed by atoms with Crippen molar-refractivity contribution in [2.75, 3.05) is 26.2 Å². The van der Waals surface area contributed by atoms with Crippen LogP contribution in [0.3, 0.4) is 0 Å². The van der Waals surface area contributed by atoms with E-state index in [1.165, 1.54) is 11.1 Å². The molecule has 1 aromatic heterocycles. The van der Waals surface area contributed by atoms with Crippen molar-refractivity contribution in [2.24, 2.45) is 11.7 Å². The Labute approximate surface area is 240 Å². The molecule has 6 rings (SSSR count). The van der Waals surface area contributed by atoms with Crippen LogP contribution in [0, 0.1) is 5.92 Å². The number of hydrogen-bond acceptors (Lipinski definition) is 6. The molecule has 0 radical (unpaired) electrons. The average Bonchev–Trinajstić information content (AvgIpc) is 3.39. The summed E-state index contributed by atoms with van der Waals surface area (Å²) in [5.74, 6) is 1.21. The first kappa shape index (κ1) is 27.2. The minimum Gasteiger partial charge on any atom is -0.408 e. The zero-order valence-electron chi connectivity index (χ0n) is 23.3. The van der Waals surface area contributed by atoms with E-state index < -0.39 is 6.09 Å². The Bertz CT molecular complexity index is 1490. The van der Waals surface area contributed by atoms with Crippen LogP contribution in [0.4, 0.5) is 4.79 Å². The average molecular weight is 552 g/mol. The van der Waals surface area contributed by atoms with Gasteiger partial charge in [0.05, 0.1) is 5.52 Å². The molecule has 2 saturated heterocycles. The lowest BCUT2D eigenvalue weighted by Gasteiger charge is -2.33. The number of piperidine rings is 2. The van der Waals surface area contributed by atoms with Crippen LogP contribution in [0.5, 0.6) is 5.75 Å². The standard InChI is InChI=1S/C33H37N5O3/c34-33(40)41-29-13-7-12-28-30(29)35-31(26-14-18-36(19-15-26)22-24-8-3-1-4-9-24)38(28)32(39)27-16-20-37(21-17-27)23-25-10-5-2-6-11-25/h1-13,26-27H,14-23H2,(H2,34,40). The summed E-state index contributed by atoms with van der Waals surface area (Å²) in [7, 11) is 0. The van der Waals surface area contributed by atoms with Gasteiger partial charge in [-0.1, -0.05) is 66.7 Å². The highest BCUT2D eigenvalue weighted by Gasteiger charge is 2.33. The van der Waals surface area contributed by atoms with Crippen LogP contribution < -0.4 is 10.5 Å². The number of para-hydroxylation sites is 1. The number of carbonyl (C=O) groups is 2. The van der Waals surface area contributed by atoms with E-state index in [1.807, 2.05) is 22.8 Å². The first-order valence-electron chi connectivity index (χ1n) is 14.6. The third kappa shape index (κ3) is 6.19. The van der Waals surface area contributed by atoms with Crippen molar-refractivity contribution in [1.82, 2.24) is 19.4 Å². The van der Waals surface area contributed by atoms with Crippen molar-refractivity contribution in [3.05, 3.63) is 95.8 Å². The monoisotopic (exact) mass is 551 g/mol. The second-order valence-electron chi connectivity index (χ2n) is 11.3. The van der Waals surface area contributed by atoms with Crippen LogP contribution >= 0.6 is 0 Å². The molecule has 8 heteroatoms. The van der Waals surface area contributed by atoms with Crippen LogP contribution in [0.15, 0.2) is 78.9 Å². The van der Waals surface area contributed by atoms with Crippen LogP contribution in [0.2, 0.25) is 0 Å². The molecule has 41 heavy (non-hydrogen) atoms. The Hall–Kier alpha value is -4.01. The van der Waals surface area contributed by atoms with E-state index in [1.54, 1.807) is 12.1 Å². The fraction of sp³-hybridized carbons (Fsp3) is 0.364. The minimum absolute atomic E-state index is 0.0861. The van der Waals surface area contributed by atoms with Crippen molar-refractivity contribution in [2.45, 2.75) is 44.7 Å². The minimum atomic E-state index is -0.889. The van der Waals surface area contributed by atoms with E-state index in [4.69, 9.17) is 15.5 Å². The molecule has 0 unspecified atom stereocenters. The smallest absolute Gasteiger partial charge is 0.408 e. The predicted molar refractivity (Wildman–Crippen MR) is 159 cm³/mol. The highest BCUT2D eigenvalue weighted by Crippen LogP contribution is 2.35. The molecule has 0 spiro atoms. The van der Waals surface area contributed by atoms with Crippen molar-refractivity contribution in [3.8, 4) is 5.75 Å². The molecule has 3 aromatic carbocycles. The number of benzene rings is 3. The highest BCUT2D eigenvalue weighted by atomic mass is 16.5. The van der Waals surface area contributed by atoms with Crippen molar-refractivity contribution < 1.29 is 14.3 Å². The number of primary amides is 1. The van der Waals surface area contributed by atoms with Crippen molar-refractivity contribution >= 4 is 23.0 Å². The number of amides is 1. The molecule has 2 N–H and O–H groups in total. The summed E-state index contributed by atoms with van der Waals surface area (Å²) in [6, 6.07) is 26.4. The Morgan fingerprint density at radius 3 is 1.88 bits per heavy atom. The van der Waals surface area contributed by atoms with Crippen LogP contribution in [0.25, 0.3) is 11.0 Å². The lowest BCUT2D eigenvalue weighted by Crippen LogP contribution is -2.38. The fourth-order valence-corrected chi connectivity index (χ4v) is 6.34. The van der Waals surface area contributed by atoms with Gasteiger partial charge in [-0.2, -0.15) is 0 Å². The summed E-state index contributed by atoms with van der Waals surface area (Å²) in [5.41, 5.74) is 9.15. The van der Waals surface area contributed by atoms with Crippen molar-refractivity contribution in [1.29, 1.82) is 0 Å². The molecule has 1 amide bonds. The SMILES string of the molecule is NC(=O)Oc1cccc2c1nc(C1CCN(Cc3ccccc3)CC1)n2C(=O)C1CCN(Cc2ccccc2)CC1. The number of aromatic nitrogens is 2. The van der Waals surface area contributed by atoms with Gasteiger partial charge in [-0.3, -0.25) is 19.2 Å². The third-order valence-electron chi connectivity index (χ3n) is 8.49. The normalized spacial score (nSPS) is 17.6. The summed E-state index contributed by atoms with van der Waals surface area (Å²) in [6.45, 7) is 5.43. The van der Waals surface area contributed by atoms with Crippen LogP contribution in [0.1, 0.15) is 53.3 Å². The Morgan fingerprint density at radius 1 is 0.756 bits per heavy atom. The topological polar surface area (TPSA) is 93.7 Å². The fourth-order valence-electron chi connectivity index (χ4n) is 6.34. The van der Waals surface area contributed by atoms with Gasteiger partial charge in [0.25, 0.3) is 0 Å². The molecule has 2 aliphatic heterocycles. The number of nitrogens with two attached hydrogens (primary N) is 1. The summed E-state index contributed by atoms with van der Waals surface area (Å²) >= 11 is 0. The molecule has 3 heterocycles. The molecule has 0 bridgehead atoms. The number of imidazole rings is 1. The number of nitrogens with zero attached hydrogens (tertiary/aromatic N) is 4. The zero-order chi connectivity index (χ0) is 28.2. The van der Waals surface area contributed by atoms with Gasteiger partial charge >= 0.3 is 6.09 Å². The van der Waals surface area contributed by atoms with Crippen molar-refractivity contribution in [3.63, 3.8) is 0 Å². The summed E-state index contributed by atoms with van der Waals surface area (Å²) in [5, 5.41) is 0. The zero-order valence-corrected chi connectivity index (χ0v) is 23.3. The second kappa shape index (κ2) is 12.2. The largest absolute Gasteiger partial charge is 0.410 e. The van der Waals surface area contributed by atoms with E-state index in [9.17, 15) is 9.59 Å². The van der Waals surface area contributed by atoms with Gasteiger partial charge in [0.1, 0.15) is 11.3 Å². The number of ether oxygens (including phenoxy) is 1. The second-order valence-corrected chi connectivity index (χ2v) is 11.3.